The monoisotopic (exact) mass is 394 g/mol. The number of aryl methyl sites for hydroxylation is 1. The summed E-state index contributed by atoms with van der Waals surface area (Å²) < 4.78 is 0. The Hall–Kier alpha value is -3.86. The lowest BCUT2D eigenvalue weighted by molar-refractivity contribution is 0.315. The van der Waals surface area contributed by atoms with Crippen LogP contribution >= 0.6 is 0 Å². The van der Waals surface area contributed by atoms with Crippen LogP contribution in [0.1, 0.15) is 29.2 Å². The zero-order valence-electron chi connectivity index (χ0n) is 16.9. The van der Waals surface area contributed by atoms with Gasteiger partial charge in [-0.05, 0) is 53.8 Å². The molecule has 4 rings (SSSR count). The van der Waals surface area contributed by atoms with Gasteiger partial charge in [0.25, 0.3) is 0 Å². The summed E-state index contributed by atoms with van der Waals surface area (Å²) in [6.45, 7) is 3.93. The van der Waals surface area contributed by atoms with Crippen molar-refractivity contribution < 1.29 is 5.21 Å². The highest BCUT2D eigenvalue weighted by Crippen LogP contribution is 2.42. The SMILES string of the molecule is CC(=NO)C(c1ccncc1)(c1ccc(-c2cncnc2)cc1)c1ccccc1C. The molecule has 1 atom stereocenters. The molecule has 0 radical (unpaired) electrons. The van der Waals surface area contributed by atoms with Crippen molar-refractivity contribution in [2.75, 3.05) is 0 Å². The molecule has 0 aliphatic carbocycles. The Morgan fingerprint density at radius 1 is 0.800 bits per heavy atom. The van der Waals surface area contributed by atoms with Gasteiger partial charge in [0, 0.05) is 30.4 Å². The third-order valence-corrected chi connectivity index (χ3v) is 5.57. The molecule has 0 amide bonds. The van der Waals surface area contributed by atoms with Gasteiger partial charge in [0.1, 0.15) is 6.33 Å². The lowest BCUT2D eigenvalue weighted by Gasteiger charge is -2.36. The summed E-state index contributed by atoms with van der Waals surface area (Å²) in [7, 11) is 0. The fourth-order valence-electron chi connectivity index (χ4n) is 4.12. The van der Waals surface area contributed by atoms with Crippen LogP contribution in [-0.4, -0.2) is 25.9 Å². The van der Waals surface area contributed by atoms with Gasteiger partial charge < -0.3 is 5.21 Å². The van der Waals surface area contributed by atoms with Crippen LogP contribution in [0.25, 0.3) is 11.1 Å². The molecule has 4 aromatic rings. The lowest BCUT2D eigenvalue weighted by atomic mass is 9.65. The fraction of sp³-hybridized carbons (Fsp3) is 0.120. The van der Waals surface area contributed by atoms with Gasteiger partial charge in [-0.2, -0.15) is 0 Å². The van der Waals surface area contributed by atoms with Crippen LogP contribution in [0.3, 0.4) is 0 Å². The molecule has 0 bridgehead atoms. The summed E-state index contributed by atoms with van der Waals surface area (Å²) in [6.07, 6.45) is 8.64. The third-order valence-electron chi connectivity index (χ3n) is 5.57. The first-order chi connectivity index (χ1) is 14.7. The van der Waals surface area contributed by atoms with Crippen LogP contribution in [0.15, 0.2) is 96.9 Å². The first-order valence-corrected chi connectivity index (χ1v) is 9.69. The molecule has 2 aromatic heterocycles. The maximum atomic E-state index is 9.93. The molecule has 1 unspecified atom stereocenters. The molecule has 5 nitrogen and oxygen atoms in total. The number of benzene rings is 2. The van der Waals surface area contributed by atoms with E-state index in [1.165, 1.54) is 6.33 Å². The van der Waals surface area contributed by atoms with Crippen LogP contribution in [0.5, 0.6) is 0 Å². The van der Waals surface area contributed by atoms with Crippen LogP contribution in [0.2, 0.25) is 0 Å². The number of oxime groups is 1. The van der Waals surface area contributed by atoms with Gasteiger partial charge >= 0.3 is 0 Å². The maximum Gasteiger partial charge on any atom is 0.115 e. The molecule has 2 heterocycles. The summed E-state index contributed by atoms with van der Waals surface area (Å²) >= 11 is 0. The van der Waals surface area contributed by atoms with Crippen molar-refractivity contribution in [1.29, 1.82) is 0 Å². The number of hydrogen-bond acceptors (Lipinski definition) is 5. The Bertz CT molecular complexity index is 1160. The van der Waals surface area contributed by atoms with Gasteiger partial charge in [-0.1, -0.05) is 53.7 Å². The van der Waals surface area contributed by atoms with Gasteiger partial charge in [0.2, 0.25) is 0 Å². The minimum absolute atomic E-state index is 0.582. The lowest BCUT2D eigenvalue weighted by Crippen LogP contribution is -2.38. The van der Waals surface area contributed by atoms with Crippen molar-refractivity contribution in [2.45, 2.75) is 19.3 Å². The molecule has 1 N–H and O–H groups in total. The van der Waals surface area contributed by atoms with Crippen molar-refractivity contribution >= 4 is 5.71 Å². The van der Waals surface area contributed by atoms with E-state index in [9.17, 15) is 5.21 Å². The molecular formula is C25H22N4O. The molecule has 2 aromatic carbocycles. The average molecular weight is 394 g/mol. The normalized spacial score (nSPS) is 13.6. The quantitative estimate of drug-likeness (QED) is 0.293. The van der Waals surface area contributed by atoms with Gasteiger partial charge in [0.05, 0.1) is 11.1 Å². The molecule has 30 heavy (non-hydrogen) atoms. The number of nitrogens with zero attached hydrogens (tertiary/aromatic N) is 4. The van der Waals surface area contributed by atoms with E-state index in [1.807, 2.05) is 43.3 Å². The molecule has 0 fully saturated rings. The van der Waals surface area contributed by atoms with E-state index in [0.717, 1.165) is 33.4 Å². The molecule has 0 saturated carbocycles. The van der Waals surface area contributed by atoms with Crippen LogP contribution < -0.4 is 0 Å². The number of aromatic nitrogens is 3. The topological polar surface area (TPSA) is 71.3 Å². The second kappa shape index (κ2) is 8.25. The van der Waals surface area contributed by atoms with Crippen molar-refractivity contribution in [3.63, 3.8) is 0 Å². The minimum Gasteiger partial charge on any atom is -0.411 e. The maximum absolute atomic E-state index is 9.93. The van der Waals surface area contributed by atoms with Gasteiger partial charge in [-0.25, -0.2) is 9.97 Å². The largest absolute Gasteiger partial charge is 0.411 e. The highest BCUT2D eigenvalue weighted by molar-refractivity contribution is 6.00. The van der Waals surface area contributed by atoms with E-state index < -0.39 is 5.41 Å². The van der Waals surface area contributed by atoms with Gasteiger partial charge in [-0.15, -0.1) is 0 Å². The number of hydrogen-bond donors (Lipinski definition) is 1. The first kappa shape index (κ1) is 19.5. The summed E-state index contributed by atoms with van der Waals surface area (Å²) in [4.78, 5) is 12.4. The van der Waals surface area contributed by atoms with E-state index in [1.54, 1.807) is 24.8 Å². The Labute approximate surface area is 175 Å². The van der Waals surface area contributed by atoms with Crippen molar-refractivity contribution in [3.8, 4) is 11.1 Å². The van der Waals surface area contributed by atoms with Crippen molar-refractivity contribution in [3.05, 3.63) is 114 Å². The molecule has 148 valence electrons. The predicted octanol–water partition coefficient (Wildman–Crippen LogP) is 5.03. The molecule has 0 aliphatic rings. The Balaban J connectivity index is 1.99. The molecule has 0 saturated heterocycles. The molecule has 0 spiro atoms. The smallest absolute Gasteiger partial charge is 0.115 e. The van der Waals surface area contributed by atoms with E-state index in [2.05, 4.69) is 51.3 Å². The second-order valence-corrected chi connectivity index (χ2v) is 7.19. The van der Waals surface area contributed by atoms with Crippen LogP contribution in [0.4, 0.5) is 0 Å². The first-order valence-electron chi connectivity index (χ1n) is 9.69. The van der Waals surface area contributed by atoms with E-state index in [-0.39, 0.29) is 0 Å². The van der Waals surface area contributed by atoms with E-state index >= 15 is 0 Å². The standard InChI is InChI=1S/C25H22N4O/c1-18-5-3-4-6-24(18)25(19(2)29-30,23-11-13-26-14-12-23)22-9-7-20(8-10-22)21-15-27-17-28-16-21/h3-17,30H,1-2H3. The van der Waals surface area contributed by atoms with E-state index in [0.29, 0.717) is 5.71 Å². The zero-order valence-corrected chi connectivity index (χ0v) is 16.9. The van der Waals surface area contributed by atoms with Gasteiger partial charge in [-0.3, -0.25) is 4.98 Å². The van der Waals surface area contributed by atoms with Crippen LogP contribution in [-0.2, 0) is 5.41 Å². The minimum atomic E-state index is -0.755. The summed E-state index contributed by atoms with van der Waals surface area (Å²) in [6, 6.07) is 20.4. The molecular weight excluding hydrogens is 372 g/mol. The number of rotatable bonds is 5. The highest BCUT2D eigenvalue weighted by Gasteiger charge is 2.41. The number of pyridine rings is 1. The predicted molar refractivity (Wildman–Crippen MR) is 118 cm³/mol. The highest BCUT2D eigenvalue weighted by atomic mass is 16.4. The second-order valence-electron chi connectivity index (χ2n) is 7.19. The molecule has 0 aliphatic heterocycles. The molecule has 5 heteroatoms. The Morgan fingerprint density at radius 2 is 1.43 bits per heavy atom. The van der Waals surface area contributed by atoms with Crippen molar-refractivity contribution in [2.24, 2.45) is 5.16 Å². The summed E-state index contributed by atoms with van der Waals surface area (Å²) in [5.41, 5.74) is 5.94. The average Bonchev–Trinajstić information content (AvgIpc) is 2.82. The Morgan fingerprint density at radius 3 is 2.07 bits per heavy atom. The summed E-state index contributed by atoms with van der Waals surface area (Å²) in [5.74, 6) is 0. The third kappa shape index (κ3) is 3.24. The fourth-order valence-corrected chi connectivity index (χ4v) is 4.12. The Kier molecular flexibility index (Phi) is 5.35. The van der Waals surface area contributed by atoms with E-state index in [4.69, 9.17) is 0 Å². The zero-order chi connectivity index (χ0) is 21.0. The van der Waals surface area contributed by atoms with Gasteiger partial charge in [0.15, 0.2) is 0 Å². The van der Waals surface area contributed by atoms with Crippen molar-refractivity contribution in [1.82, 2.24) is 15.0 Å². The summed E-state index contributed by atoms with van der Waals surface area (Å²) in [5, 5.41) is 13.6. The van der Waals surface area contributed by atoms with Crippen LogP contribution in [0, 0.1) is 6.92 Å².